The molecule has 25 heavy (non-hydrogen) atoms. The highest BCUT2D eigenvalue weighted by molar-refractivity contribution is 5.94. The van der Waals surface area contributed by atoms with E-state index in [0.717, 1.165) is 32.4 Å². The second-order valence-electron chi connectivity index (χ2n) is 6.84. The van der Waals surface area contributed by atoms with Crippen LogP contribution in [0.4, 0.5) is 0 Å². The Balaban J connectivity index is 1.61. The lowest BCUT2D eigenvalue weighted by Gasteiger charge is -2.39. The van der Waals surface area contributed by atoms with Gasteiger partial charge in [-0.15, -0.1) is 0 Å². The highest BCUT2D eigenvalue weighted by atomic mass is 16.5. The molecule has 1 aromatic rings. The highest BCUT2D eigenvalue weighted by Gasteiger charge is 2.33. The zero-order chi connectivity index (χ0) is 17.8. The largest absolute Gasteiger partial charge is 0.391 e. The van der Waals surface area contributed by atoms with Crippen LogP contribution in [0.2, 0.25) is 0 Å². The maximum atomic E-state index is 12.7. The summed E-state index contributed by atoms with van der Waals surface area (Å²) in [6.45, 7) is 3.75. The number of nitrogens with zero attached hydrogens (tertiary/aromatic N) is 3. The van der Waals surface area contributed by atoms with Crippen molar-refractivity contribution in [1.82, 2.24) is 14.4 Å². The number of aliphatic hydroxyl groups excluding tert-OH is 1. The van der Waals surface area contributed by atoms with E-state index in [0.29, 0.717) is 31.8 Å². The van der Waals surface area contributed by atoms with Gasteiger partial charge in [-0.3, -0.25) is 14.5 Å². The number of piperazine rings is 1. The predicted molar refractivity (Wildman–Crippen MR) is 93.7 cm³/mol. The summed E-state index contributed by atoms with van der Waals surface area (Å²) in [7, 11) is 1.58. The van der Waals surface area contributed by atoms with Crippen LogP contribution in [0.5, 0.6) is 0 Å². The molecule has 7 nitrogen and oxygen atoms in total. The third-order valence-electron chi connectivity index (χ3n) is 5.28. The van der Waals surface area contributed by atoms with E-state index in [1.165, 1.54) is 10.6 Å². The third-order valence-corrected chi connectivity index (χ3v) is 5.28. The average Bonchev–Trinajstić information content (AvgIpc) is 3.06. The Morgan fingerprint density at radius 2 is 2.00 bits per heavy atom. The second-order valence-corrected chi connectivity index (χ2v) is 6.84. The van der Waals surface area contributed by atoms with Gasteiger partial charge in [0.05, 0.1) is 18.3 Å². The van der Waals surface area contributed by atoms with Gasteiger partial charge in [0.15, 0.2) is 0 Å². The number of ether oxygens (including phenoxy) is 1. The molecule has 2 fully saturated rings. The van der Waals surface area contributed by atoms with Crippen LogP contribution in [0, 0.1) is 0 Å². The first-order valence-corrected chi connectivity index (χ1v) is 9.01. The van der Waals surface area contributed by atoms with Crippen molar-refractivity contribution in [2.45, 2.75) is 38.0 Å². The normalized spacial score (nSPS) is 24.6. The van der Waals surface area contributed by atoms with Gasteiger partial charge in [-0.2, -0.15) is 0 Å². The Bertz CT molecular complexity index is 652. The molecule has 138 valence electrons. The fourth-order valence-corrected chi connectivity index (χ4v) is 3.81. The molecule has 1 aliphatic heterocycles. The average molecular weight is 349 g/mol. The number of carbonyl (C=O) groups excluding carboxylic acids is 1. The van der Waals surface area contributed by atoms with Crippen LogP contribution >= 0.6 is 0 Å². The van der Waals surface area contributed by atoms with E-state index in [-0.39, 0.29) is 23.6 Å². The summed E-state index contributed by atoms with van der Waals surface area (Å²) in [5.41, 5.74) is 0.402. The molecular formula is C18H27N3O4. The molecule has 0 spiro atoms. The zero-order valence-electron chi connectivity index (χ0n) is 14.8. The zero-order valence-corrected chi connectivity index (χ0v) is 14.8. The molecule has 1 N–H and O–H groups in total. The summed E-state index contributed by atoms with van der Waals surface area (Å²) in [6.07, 6.45) is 4.39. The standard InChI is InChI=1S/C18H27N3O4/c1-25-12-11-21-13-14(5-6-17(21)23)18(24)20-9-7-19(8-10-20)15-3-2-4-16(15)22/h5-6,13,15-16,22H,2-4,7-12H2,1H3. The van der Waals surface area contributed by atoms with E-state index in [2.05, 4.69) is 4.90 Å². The number of rotatable bonds is 5. The van der Waals surface area contributed by atoms with Gasteiger partial charge in [0.25, 0.3) is 11.5 Å². The molecule has 1 aliphatic carbocycles. The fraction of sp³-hybridized carbons (Fsp3) is 0.667. The molecular weight excluding hydrogens is 322 g/mol. The van der Waals surface area contributed by atoms with Gasteiger partial charge in [-0.1, -0.05) is 0 Å². The summed E-state index contributed by atoms with van der Waals surface area (Å²) >= 11 is 0. The lowest BCUT2D eigenvalue weighted by atomic mass is 10.1. The maximum absolute atomic E-state index is 12.7. The first-order chi connectivity index (χ1) is 12.1. The van der Waals surface area contributed by atoms with Gasteiger partial charge in [0.1, 0.15) is 0 Å². The van der Waals surface area contributed by atoms with Crippen LogP contribution in [0.1, 0.15) is 29.6 Å². The van der Waals surface area contributed by atoms with E-state index in [1.807, 2.05) is 4.90 Å². The van der Waals surface area contributed by atoms with E-state index in [1.54, 1.807) is 19.4 Å². The molecule has 0 bridgehead atoms. The number of amides is 1. The Hall–Kier alpha value is -1.70. The summed E-state index contributed by atoms with van der Waals surface area (Å²) < 4.78 is 6.52. The van der Waals surface area contributed by atoms with Crippen molar-refractivity contribution in [3.05, 3.63) is 34.2 Å². The summed E-state index contributed by atoms with van der Waals surface area (Å²) in [5.74, 6) is -0.0437. The van der Waals surface area contributed by atoms with Crippen LogP contribution < -0.4 is 5.56 Å². The molecule has 0 radical (unpaired) electrons. The van der Waals surface area contributed by atoms with Gasteiger partial charge < -0.3 is 19.3 Å². The summed E-state index contributed by atoms with van der Waals surface area (Å²) in [5, 5.41) is 10.1. The van der Waals surface area contributed by atoms with Crippen molar-refractivity contribution < 1.29 is 14.6 Å². The van der Waals surface area contributed by atoms with Crippen LogP contribution in [0.25, 0.3) is 0 Å². The second kappa shape index (κ2) is 8.12. The number of pyridine rings is 1. The Morgan fingerprint density at radius 1 is 1.24 bits per heavy atom. The van der Waals surface area contributed by atoms with Crippen molar-refractivity contribution >= 4 is 5.91 Å². The van der Waals surface area contributed by atoms with Gasteiger partial charge >= 0.3 is 0 Å². The van der Waals surface area contributed by atoms with Crippen molar-refractivity contribution in [2.75, 3.05) is 39.9 Å². The molecule has 7 heteroatoms. The Labute approximate surface area is 147 Å². The number of methoxy groups -OCH3 is 1. The monoisotopic (exact) mass is 349 g/mol. The molecule has 0 aromatic carbocycles. The summed E-state index contributed by atoms with van der Waals surface area (Å²) in [6, 6.07) is 3.28. The van der Waals surface area contributed by atoms with Gasteiger partial charge in [-0.25, -0.2) is 0 Å². The number of hydrogen-bond donors (Lipinski definition) is 1. The van der Waals surface area contributed by atoms with Crippen LogP contribution in [-0.4, -0.2) is 77.4 Å². The van der Waals surface area contributed by atoms with E-state index < -0.39 is 0 Å². The lowest BCUT2D eigenvalue weighted by Crippen LogP contribution is -2.53. The van der Waals surface area contributed by atoms with E-state index in [9.17, 15) is 14.7 Å². The van der Waals surface area contributed by atoms with Crippen molar-refractivity contribution in [3.63, 3.8) is 0 Å². The van der Waals surface area contributed by atoms with Crippen molar-refractivity contribution in [1.29, 1.82) is 0 Å². The van der Waals surface area contributed by atoms with Crippen molar-refractivity contribution in [3.8, 4) is 0 Å². The highest BCUT2D eigenvalue weighted by Crippen LogP contribution is 2.25. The molecule has 2 atom stereocenters. The number of aliphatic hydroxyl groups is 1. The van der Waals surface area contributed by atoms with Crippen LogP contribution in [0.3, 0.4) is 0 Å². The molecule has 2 aliphatic rings. The first-order valence-electron chi connectivity index (χ1n) is 9.01. The number of carbonyl (C=O) groups is 1. The van der Waals surface area contributed by atoms with Crippen molar-refractivity contribution in [2.24, 2.45) is 0 Å². The minimum absolute atomic E-state index is 0.0437. The first kappa shape index (κ1) is 18.1. The SMILES string of the molecule is COCCn1cc(C(=O)N2CCN(C3CCCC3O)CC2)ccc1=O. The summed E-state index contributed by atoms with van der Waals surface area (Å²) in [4.78, 5) is 28.7. The molecule has 1 aromatic heterocycles. The number of aromatic nitrogens is 1. The Kier molecular flexibility index (Phi) is 5.88. The van der Waals surface area contributed by atoms with Gasteiger partial charge in [0, 0.05) is 58.1 Å². The minimum atomic E-state index is -0.230. The quantitative estimate of drug-likeness (QED) is 0.820. The molecule has 1 saturated heterocycles. The van der Waals surface area contributed by atoms with Crippen LogP contribution in [0.15, 0.2) is 23.1 Å². The third kappa shape index (κ3) is 4.11. The smallest absolute Gasteiger partial charge is 0.255 e. The fourth-order valence-electron chi connectivity index (χ4n) is 3.81. The minimum Gasteiger partial charge on any atom is -0.391 e. The topological polar surface area (TPSA) is 75.0 Å². The Morgan fingerprint density at radius 3 is 2.64 bits per heavy atom. The van der Waals surface area contributed by atoms with Crippen LogP contribution in [-0.2, 0) is 11.3 Å². The predicted octanol–water partition coefficient (Wildman–Crippen LogP) is 0.166. The lowest BCUT2D eigenvalue weighted by molar-refractivity contribution is 0.0315. The molecule has 2 heterocycles. The van der Waals surface area contributed by atoms with Gasteiger partial charge in [0.2, 0.25) is 0 Å². The molecule has 2 unspecified atom stereocenters. The molecule has 3 rings (SSSR count). The van der Waals surface area contributed by atoms with E-state index >= 15 is 0 Å². The maximum Gasteiger partial charge on any atom is 0.255 e. The van der Waals surface area contributed by atoms with E-state index in [4.69, 9.17) is 4.74 Å². The molecule has 1 saturated carbocycles. The number of hydrogen-bond acceptors (Lipinski definition) is 5. The molecule has 1 amide bonds. The van der Waals surface area contributed by atoms with Gasteiger partial charge in [-0.05, 0) is 25.3 Å².